The van der Waals surface area contributed by atoms with E-state index in [0.29, 0.717) is 24.8 Å². The van der Waals surface area contributed by atoms with Crippen LogP contribution in [0.2, 0.25) is 0 Å². The Balaban J connectivity index is 1.73. The second-order valence-electron chi connectivity index (χ2n) is 5.07. The molecule has 1 saturated carbocycles. The SMILES string of the molecule is CC1(CNC(=O)C2CCC(=O)NC2)CC1. The van der Waals surface area contributed by atoms with E-state index in [0.717, 1.165) is 6.54 Å². The molecular formula is C11H18N2O2. The molecule has 2 amide bonds. The highest BCUT2D eigenvalue weighted by Crippen LogP contribution is 2.44. The van der Waals surface area contributed by atoms with Crippen molar-refractivity contribution in [3.05, 3.63) is 0 Å². The molecule has 1 atom stereocenters. The minimum atomic E-state index is -0.0231. The van der Waals surface area contributed by atoms with Crippen LogP contribution in [0.4, 0.5) is 0 Å². The zero-order valence-corrected chi connectivity index (χ0v) is 9.14. The number of hydrogen-bond acceptors (Lipinski definition) is 2. The lowest BCUT2D eigenvalue weighted by Crippen LogP contribution is -2.44. The van der Waals surface area contributed by atoms with E-state index < -0.39 is 0 Å². The van der Waals surface area contributed by atoms with Crippen LogP contribution in [0.3, 0.4) is 0 Å². The van der Waals surface area contributed by atoms with Gasteiger partial charge in [0, 0.05) is 19.5 Å². The molecule has 4 heteroatoms. The third-order valence-corrected chi connectivity index (χ3v) is 3.43. The van der Waals surface area contributed by atoms with Crippen LogP contribution in [-0.2, 0) is 9.59 Å². The van der Waals surface area contributed by atoms with Crippen LogP contribution in [-0.4, -0.2) is 24.9 Å². The van der Waals surface area contributed by atoms with Gasteiger partial charge in [0.05, 0.1) is 5.92 Å². The van der Waals surface area contributed by atoms with E-state index in [1.54, 1.807) is 0 Å². The normalized spacial score (nSPS) is 28.1. The molecule has 1 aliphatic heterocycles. The molecule has 4 nitrogen and oxygen atoms in total. The van der Waals surface area contributed by atoms with Crippen LogP contribution in [0, 0.1) is 11.3 Å². The zero-order valence-electron chi connectivity index (χ0n) is 9.14. The molecule has 1 saturated heterocycles. The third kappa shape index (κ3) is 2.70. The summed E-state index contributed by atoms with van der Waals surface area (Å²) in [4.78, 5) is 22.6. The Morgan fingerprint density at radius 2 is 2.33 bits per heavy atom. The second-order valence-corrected chi connectivity index (χ2v) is 5.07. The first-order valence-corrected chi connectivity index (χ1v) is 5.63. The van der Waals surface area contributed by atoms with Gasteiger partial charge in [-0.05, 0) is 24.7 Å². The van der Waals surface area contributed by atoms with Crippen molar-refractivity contribution in [2.75, 3.05) is 13.1 Å². The highest BCUT2D eigenvalue weighted by molar-refractivity contribution is 5.83. The van der Waals surface area contributed by atoms with Gasteiger partial charge in [0.25, 0.3) is 0 Å². The highest BCUT2D eigenvalue weighted by atomic mass is 16.2. The molecule has 2 fully saturated rings. The zero-order chi connectivity index (χ0) is 10.9. The van der Waals surface area contributed by atoms with Gasteiger partial charge in [0.15, 0.2) is 0 Å². The lowest BCUT2D eigenvalue weighted by Gasteiger charge is -2.22. The summed E-state index contributed by atoms with van der Waals surface area (Å²) in [6, 6.07) is 0. The van der Waals surface area contributed by atoms with Crippen LogP contribution in [0.5, 0.6) is 0 Å². The molecule has 0 bridgehead atoms. The largest absolute Gasteiger partial charge is 0.355 e. The Morgan fingerprint density at radius 3 is 2.87 bits per heavy atom. The van der Waals surface area contributed by atoms with E-state index >= 15 is 0 Å². The Bertz CT molecular complexity index is 274. The number of amides is 2. The van der Waals surface area contributed by atoms with Gasteiger partial charge in [0.1, 0.15) is 0 Å². The maximum absolute atomic E-state index is 11.7. The average molecular weight is 210 g/mol. The molecular weight excluding hydrogens is 192 g/mol. The summed E-state index contributed by atoms with van der Waals surface area (Å²) < 4.78 is 0. The topological polar surface area (TPSA) is 58.2 Å². The van der Waals surface area contributed by atoms with Gasteiger partial charge in [-0.2, -0.15) is 0 Å². The molecule has 0 aromatic heterocycles. The number of nitrogens with one attached hydrogen (secondary N) is 2. The first kappa shape index (κ1) is 10.5. The van der Waals surface area contributed by atoms with Gasteiger partial charge in [-0.25, -0.2) is 0 Å². The molecule has 2 rings (SSSR count). The van der Waals surface area contributed by atoms with Crippen LogP contribution < -0.4 is 10.6 Å². The van der Waals surface area contributed by atoms with E-state index in [1.165, 1.54) is 12.8 Å². The molecule has 1 aliphatic carbocycles. The van der Waals surface area contributed by atoms with E-state index in [-0.39, 0.29) is 17.7 Å². The Morgan fingerprint density at radius 1 is 1.60 bits per heavy atom. The van der Waals surface area contributed by atoms with Crippen molar-refractivity contribution in [3.8, 4) is 0 Å². The van der Waals surface area contributed by atoms with Gasteiger partial charge < -0.3 is 10.6 Å². The van der Waals surface area contributed by atoms with Crippen molar-refractivity contribution in [1.82, 2.24) is 10.6 Å². The van der Waals surface area contributed by atoms with Crippen LogP contribution in [0.15, 0.2) is 0 Å². The molecule has 0 spiro atoms. The van der Waals surface area contributed by atoms with Crippen molar-refractivity contribution >= 4 is 11.8 Å². The standard InChI is InChI=1S/C11H18N2O2/c1-11(4-5-11)7-13-10(15)8-2-3-9(14)12-6-8/h8H,2-7H2,1H3,(H,12,14)(H,13,15). The van der Waals surface area contributed by atoms with Crippen molar-refractivity contribution in [3.63, 3.8) is 0 Å². The van der Waals surface area contributed by atoms with E-state index in [9.17, 15) is 9.59 Å². The monoisotopic (exact) mass is 210 g/mol. The first-order chi connectivity index (χ1) is 7.09. The predicted molar refractivity (Wildman–Crippen MR) is 56.1 cm³/mol. The number of rotatable bonds is 3. The Hall–Kier alpha value is -1.06. The molecule has 1 heterocycles. The molecule has 84 valence electrons. The fourth-order valence-corrected chi connectivity index (χ4v) is 1.79. The first-order valence-electron chi connectivity index (χ1n) is 5.63. The predicted octanol–water partition coefficient (Wildman–Crippen LogP) is 0.429. The maximum atomic E-state index is 11.7. The van der Waals surface area contributed by atoms with Crippen LogP contribution in [0.25, 0.3) is 0 Å². The quantitative estimate of drug-likeness (QED) is 0.709. The summed E-state index contributed by atoms with van der Waals surface area (Å²) >= 11 is 0. The highest BCUT2D eigenvalue weighted by Gasteiger charge is 2.37. The molecule has 0 radical (unpaired) electrons. The summed E-state index contributed by atoms with van der Waals surface area (Å²) in [5.74, 6) is 0.140. The summed E-state index contributed by atoms with van der Waals surface area (Å²) in [5, 5.41) is 5.71. The fourth-order valence-electron chi connectivity index (χ4n) is 1.79. The molecule has 15 heavy (non-hydrogen) atoms. The summed E-state index contributed by atoms with van der Waals surface area (Å²) in [6.45, 7) is 3.48. The number of carbonyl (C=O) groups is 2. The third-order valence-electron chi connectivity index (χ3n) is 3.43. The number of carbonyl (C=O) groups excluding carboxylic acids is 2. The summed E-state index contributed by atoms with van der Waals surface area (Å²) in [5.41, 5.74) is 0.355. The lowest BCUT2D eigenvalue weighted by atomic mass is 9.98. The van der Waals surface area contributed by atoms with Crippen molar-refractivity contribution in [2.24, 2.45) is 11.3 Å². The maximum Gasteiger partial charge on any atom is 0.224 e. The van der Waals surface area contributed by atoms with Crippen molar-refractivity contribution in [1.29, 1.82) is 0 Å². The molecule has 0 aromatic carbocycles. The van der Waals surface area contributed by atoms with Gasteiger partial charge in [0.2, 0.25) is 11.8 Å². The Kier molecular flexibility index (Phi) is 2.67. The van der Waals surface area contributed by atoms with Crippen LogP contribution in [0.1, 0.15) is 32.6 Å². The van der Waals surface area contributed by atoms with Crippen molar-refractivity contribution < 1.29 is 9.59 Å². The molecule has 1 unspecified atom stereocenters. The number of piperidine rings is 1. The summed E-state index contributed by atoms with van der Waals surface area (Å²) in [6.07, 6.45) is 3.60. The van der Waals surface area contributed by atoms with Gasteiger partial charge in [-0.1, -0.05) is 6.92 Å². The average Bonchev–Trinajstić information content (AvgIpc) is 2.95. The van der Waals surface area contributed by atoms with Crippen LogP contribution >= 0.6 is 0 Å². The molecule has 2 N–H and O–H groups in total. The minimum Gasteiger partial charge on any atom is -0.355 e. The van der Waals surface area contributed by atoms with Gasteiger partial charge >= 0.3 is 0 Å². The smallest absolute Gasteiger partial charge is 0.224 e. The van der Waals surface area contributed by atoms with Crippen molar-refractivity contribution in [2.45, 2.75) is 32.6 Å². The van der Waals surface area contributed by atoms with E-state index in [1.807, 2.05) is 0 Å². The number of hydrogen-bond donors (Lipinski definition) is 2. The molecule has 2 aliphatic rings. The van der Waals surface area contributed by atoms with E-state index in [4.69, 9.17) is 0 Å². The Labute approximate surface area is 89.8 Å². The lowest BCUT2D eigenvalue weighted by molar-refractivity contribution is -0.129. The second kappa shape index (κ2) is 3.83. The van der Waals surface area contributed by atoms with Gasteiger partial charge in [-0.3, -0.25) is 9.59 Å². The summed E-state index contributed by atoms with van der Waals surface area (Å²) in [7, 11) is 0. The van der Waals surface area contributed by atoms with Gasteiger partial charge in [-0.15, -0.1) is 0 Å². The molecule has 0 aromatic rings. The minimum absolute atomic E-state index is 0.0231. The fraction of sp³-hybridized carbons (Fsp3) is 0.818. The van der Waals surface area contributed by atoms with E-state index in [2.05, 4.69) is 17.6 Å².